The Kier molecular flexibility index (Phi) is 7.03. The van der Waals surface area contributed by atoms with Crippen molar-refractivity contribution in [3.63, 3.8) is 0 Å². The van der Waals surface area contributed by atoms with Crippen LogP contribution in [-0.4, -0.2) is 32.9 Å². The van der Waals surface area contributed by atoms with Crippen molar-refractivity contribution in [2.45, 2.75) is 26.4 Å². The Morgan fingerprint density at radius 3 is 2.62 bits per heavy atom. The predicted octanol–water partition coefficient (Wildman–Crippen LogP) is 6.89. The second-order valence-corrected chi connectivity index (χ2v) is 9.76. The van der Waals surface area contributed by atoms with Crippen molar-refractivity contribution in [1.82, 2.24) is 15.0 Å². The SMILES string of the molecule is CCC(OC(=O)c1ccc2nc(-c3ccc(C)cc3)[nH]c2c1)C(=O)Nc1nc(-c2ccccc2Cl)cs1. The number of rotatable bonds is 7. The van der Waals surface area contributed by atoms with E-state index in [1.165, 1.54) is 11.3 Å². The lowest BCUT2D eigenvalue weighted by Crippen LogP contribution is -2.32. The number of thiazole rings is 1. The first kappa shape index (κ1) is 24.7. The van der Waals surface area contributed by atoms with Gasteiger partial charge in [0.05, 0.1) is 22.3 Å². The lowest BCUT2D eigenvalue weighted by molar-refractivity contribution is -0.124. The van der Waals surface area contributed by atoms with E-state index in [1.54, 1.807) is 31.2 Å². The highest BCUT2D eigenvalue weighted by atomic mass is 35.5. The van der Waals surface area contributed by atoms with Crippen molar-refractivity contribution in [2.75, 3.05) is 5.32 Å². The molecule has 0 saturated carbocycles. The predicted molar refractivity (Wildman–Crippen MR) is 147 cm³/mol. The van der Waals surface area contributed by atoms with Gasteiger partial charge in [-0.3, -0.25) is 10.1 Å². The highest BCUT2D eigenvalue weighted by Gasteiger charge is 2.23. The van der Waals surface area contributed by atoms with E-state index in [1.807, 2.05) is 54.8 Å². The van der Waals surface area contributed by atoms with E-state index < -0.39 is 18.0 Å². The number of aromatic nitrogens is 3. The van der Waals surface area contributed by atoms with Gasteiger partial charge >= 0.3 is 5.97 Å². The topological polar surface area (TPSA) is 97.0 Å². The van der Waals surface area contributed by atoms with E-state index in [0.29, 0.717) is 39.2 Å². The number of hydrogen-bond acceptors (Lipinski definition) is 6. The summed E-state index contributed by atoms with van der Waals surface area (Å²) in [7, 11) is 0. The summed E-state index contributed by atoms with van der Waals surface area (Å²) in [6.45, 7) is 3.81. The van der Waals surface area contributed by atoms with Gasteiger partial charge in [-0.05, 0) is 37.6 Å². The summed E-state index contributed by atoms with van der Waals surface area (Å²) in [6.07, 6.45) is -0.662. The van der Waals surface area contributed by atoms with E-state index in [9.17, 15) is 9.59 Å². The van der Waals surface area contributed by atoms with E-state index in [-0.39, 0.29) is 0 Å². The number of aryl methyl sites for hydroxylation is 1. The Balaban J connectivity index is 1.27. The number of aromatic amines is 1. The van der Waals surface area contributed by atoms with Crippen LogP contribution in [0.4, 0.5) is 5.13 Å². The quantitative estimate of drug-likeness (QED) is 0.223. The van der Waals surface area contributed by atoms with Crippen molar-refractivity contribution in [1.29, 1.82) is 0 Å². The number of fused-ring (bicyclic) bond motifs is 1. The number of amides is 1. The number of hydrogen-bond donors (Lipinski definition) is 2. The van der Waals surface area contributed by atoms with Crippen LogP contribution in [0.5, 0.6) is 0 Å². The van der Waals surface area contributed by atoms with E-state index in [2.05, 4.69) is 20.3 Å². The molecule has 7 nitrogen and oxygen atoms in total. The molecule has 9 heteroatoms. The second kappa shape index (κ2) is 10.5. The molecular weight excluding hydrogens is 508 g/mol. The fourth-order valence-corrected chi connectivity index (χ4v) is 4.76. The molecule has 1 atom stereocenters. The molecule has 1 unspecified atom stereocenters. The molecule has 2 N–H and O–H groups in total. The van der Waals surface area contributed by atoms with Gasteiger partial charge in [-0.1, -0.05) is 66.6 Å². The van der Waals surface area contributed by atoms with Crippen LogP contribution in [0.3, 0.4) is 0 Å². The summed E-state index contributed by atoms with van der Waals surface area (Å²) in [5.74, 6) is -0.322. The van der Waals surface area contributed by atoms with Crippen LogP contribution in [-0.2, 0) is 9.53 Å². The number of imidazole rings is 1. The maximum atomic E-state index is 12.9. The minimum absolute atomic E-state index is 0.310. The molecule has 0 bridgehead atoms. The number of nitrogens with zero attached hydrogens (tertiary/aromatic N) is 2. The van der Waals surface area contributed by atoms with Crippen LogP contribution < -0.4 is 5.32 Å². The molecule has 1 amide bonds. The second-order valence-electron chi connectivity index (χ2n) is 8.49. The van der Waals surface area contributed by atoms with Crippen molar-refractivity contribution in [3.05, 3.63) is 88.3 Å². The molecule has 37 heavy (non-hydrogen) atoms. The summed E-state index contributed by atoms with van der Waals surface area (Å²) in [6, 6.07) is 20.5. The summed E-state index contributed by atoms with van der Waals surface area (Å²) in [5, 5.41) is 5.54. The molecule has 0 saturated heterocycles. The number of carbonyl (C=O) groups excluding carboxylic acids is 2. The van der Waals surface area contributed by atoms with Gasteiger partial charge in [-0.25, -0.2) is 14.8 Å². The van der Waals surface area contributed by atoms with Gasteiger partial charge in [0.25, 0.3) is 5.91 Å². The van der Waals surface area contributed by atoms with Gasteiger partial charge in [0.2, 0.25) is 0 Å². The smallest absolute Gasteiger partial charge is 0.338 e. The summed E-state index contributed by atoms with van der Waals surface area (Å²) in [5.41, 5.74) is 5.32. The molecule has 3 aromatic carbocycles. The maximum absolute atomic E-state index is 12.9. The van der Waals surface area contributed by atoms with E-state index in [0.717, 1.165) is 22.2 Å². The molecule has 2 heterocycles. The standard InChI is InChI=1S/C28H23ClN4O3S/c1-3-24(26(34)33-28-32-23(15-37-28)19-6-4-5-7-20(19)29)36-27(35)18-12-13-21-22(14-18)31-25(30-21)17-10-8-16(2)9-11-17/h4-15,24H,3H2,1-2H3,(H,30,31)(H,32,33,34). The highest BCUT2D eigenvalue weighted by molar-refractivity contribution is 7.14. The van der Waals surface area contributed by atoms with Crippen molar-refractivity contribution >= 4 is 51.0 Å². The van der Waals surface area contributed by atoms with Crippen molar-refractivity contribution in [2.24, 2.45) is 0 Å². The lowest BCUT2D eigenvalue weighted by atomic mass is 10.1. The van der Waals surface area contributed by atoms with Crippen molar-refractivity contribution in [3.8, 4) is 22.6 Å². The molecule has 0 aliphatic heterocycles. The summed E-state index contributed by atoms with van der Waals surface area (Å²) >= 11 is 7.52. The molecule has 0 aliphatic carbocycles. The average molecular weight is 531 g/mol. The molecule has 0 radical (unpaired) electrons. The van der Waals surface area contributed by atoms with Crippen LogP contribution in [0.2, 0.25) is 5.02 Å². The number of nitrogens with one attached hydrogen (secondary N) is 2. The van der Waals surface area contributed by atoms with Gasteiger partial charge < -0.3 is 9.72 Å². The fraction of sp³-hybridized carbons (Fsp3) is 0.143. The molecule has 5 rings (SSSR count). The monoisotopic (exact) mass is 530 g/mol. The Morgan fingerprint density at radius 1 is 1.08 bits per heavy atom. The highest BCUT2D eigenvalue weighted by Crippen LogP contribution is 2.30. The zero-order chi connectivity index (χ0) is 25.9. The minimum Gasteiger partial charge on any atom is -0.449 e. The van der Waals surface area contributed by atoms with Crippen LogP contribution in [0.1, 0.15) is 29.3 Å². The average Bonchev–Trinajstić information content (AvgIpc) is 3.54. The Morgan fingerprint density at radius 2 is 1.86 bits per heavy atom. The largest absolute Gasteiger partial charge is 0.449 e. The maximum Gasteiger partial charge on any atom is 0.338 e. The molecular formula is C28H23ClN4O3S. The first-order valence-electron chi connectivity index (χ1n) is 11.7. The van der Waals surface area contributed by atoms with Crippen LogP contribution in [0, 0.1) is 6.92 Å². The summed E-state index contributed by atoms with van der Waals surface area (Å²) < 4.78 is 5.55. The normalized spacial score (nSPS) is 11.9. The van der Waals surface area contributed by atoms with Gasteiger partial charge in [0, 0.05) is 21.5 Å². The third-order valence-electron chi connectivity index (χ3n) is 5.84. The molecule has 0 spiro atoms. The Bertz CT molecular complexity index is 1590. The van der Waals surface area contributed by atoms with Crippen LogP contribution >= 0.6 is 22.9 Å². The number of H-pyrrole nitrogens is 1. The number of carbonyl (C=O) groups is 2. The molecule has 186 valence electrons. The van der Waals surface area contributed by atoms with Gasteiger partial charge in [-0.2, -0.15) is 0 Å². The molecule has 0 aliphatic rings. The number of esters is 1. The fourth-order valence-electron chi connectivity index (χ4n) is 3.81. The Hall–Kier alpha value is -4.01. The minimum atomic E-state index is -0.972. The van der Waals surface area contributed by atoms with Crippen LogP contribution in [0.15, 0.2) is 72.1 Å². The van der Waals surface area contributed by atoms with E-state index >= 15 is 0 Å². The number of halogens is 1. The van der Waals surface area contributed by atoms with E-state index in [4.69, 9.17) is 16.3 Å². The molecule has 2 aromatic heterocycles. The van der Waals surface area contributed by atoms with Gasteiger partial charge in [0.1, 0.15) is 5.82 Å². The zero-order valence-electron chi connectivity index (χ0n) is 20.1. The zero-order valence-corrected chi connectivity index (χ0v) is 21.7. The van der Waals surface area contributed by atoms with Gasteiger partial charge in [0.15, 0.2) is 11.2 Å². The number of benzene rings is 3. The van der Waals surface area contributed by atoms with Crippen molar-refractivity contribution < 1.29 is 14.3 Å². The third-order valence-corrected chi connectivity index (χ3v) is 6.93. The third kappa shape index (κ3) is 5.40. The number of anilines is 1. The lowest BCUT2D eigenvalue weighted by Gasteiger charge is -2.15. The van der Waals surface area contributed by atoms with Crippen LogP contribution in [0.25, 0.3) is 33.7 Å². The van der Waals surface area contributed by atoms with Gasteiger partial charge in [-0.15, -0.1) is 11.3 Å². The first-order chi connectivity index (χ1) is 17.9. The Labute approximate surface area is 222 Å². The first-order valence-corrected chi connectivity index (χ1v) is 13.0. The summed E-state index contributed by atoms with van der Waals surface area (Å²) in [4.78, 5) is 38.1. The molecule has 0 fully saturated rings. The molecule has 5 aromatic rings. The number of ether oxygens (including phenoxy) is 1.